The minimum Gasteiger partial charge on any atom is -0.355 e. The molecule has 118 valence electrons. The molecule has 0 saturated heterocycles. The maximum absolute atomic E-state index is 11.9. The zero-order valence-electron chi connectivity index (χ0n) is 12.6. The second-order valence-corrected chi connectivity index (χ2v) is 6.94. The van der Waals surface area contributed by atoms with E-state index in [1.54, 1.807) is 0 Å². The summed E-state index contributed by atoms with van der Waals surface area (Å²) in [5.74, 6) is -0.305. The van der Waals surface area contributed by atoms with Gasteiger partial charge >= 0.3 is 0 Å². The maximum Gasteiger partial charge on any atom is 0.235 e. The summed E-state index contributed by atoms with van der Waals surface area (Å²) in [4.78, 5) is 11.6. The second-order valence-electron chi connectivity index (χ2n) is 4.89. The van der Waals surface area contributed by atoms with Gasteiger partial charge in [-0.05, 0) is 24.8 Å². The number of carbonyl (C=O) groups excluding carboxylic acids is 1. The Balaban J connectivity index is 2.31. The third-order valence-electron chi connectivity index (χ3n) is 3.36. The van der Waals surface area contributed by atoms with Crippen LogP contribution in [0.5, 0.6) is 0 Å². The molecule has 0 aromatic heterocycles. The highest BCUT2D eigenvalue weighted by Crippen LogP contribution is 2.07. The average molecular weight is 312 g/mol. The van der Waals surface area contributed by atoms with Crippen LogP contribution in [0.2, 0.25) is 0 Å². The summed E-state index contributed by atoms with van der Waals surface area (Å²) in [5, 5.41) is 2.28. The van der Waals surface area contributed by atoms with Gasteiger partial charge in [0.15, 0.2) is 0 Å². The predicted molar refractivity (Wildman–Crippen MR) is 84.4 cm³/mol. The number of benzene rings is 1. The van der Waals surface area contributed by atoms with Crippen molar-refractivity contribution in [2.24, 2.45) is 0 Å². The highest BCUT2D eigenvalue weighted by molar-refractivity contribution is 7.90. The molecule has 0 saturated carbocycles. The molecule has 5 nitrogen and oxygen atoms in total. The summed E-state index contributed by atoms with van der Waals surface area (Å²) in [7, 11) is -3.41. The fourth-order valence-electron chi connectivity index (χ4n) is 2.06. The molecule has 1 rings (SSSR count). The molecule has 0 unspecified atom stereocenters. The first-order valence-corrected chi connectivity index (χ1v) is 8.83. The van der Waals surface area contributed by atoms with Crippen LogP contribution < -0.4 is 10.0 Å². The molecule has 6 heteroatoms. The van der Waals surface area contributed by atoms with Crippen molar-refractivity contribution in [2.45, 2.75) is 38.4 Å². The molecule has 1 aromatic rings. The number of hydrogen-bond donors (Lipinski definition) is 2. The van der Waals surface area contributed by atoms with Crippen LogP contribution in [-0.2, 0) is 21.2 Å². The van der Waals surface area contributed by atoms with Gasteiger partial charge in [0.25, 0.3) is 0 Å². The van der Waals surface area contributed by atoms with Gasteiger partial charge in [-0.25, -0.2) is 13.1 Å². The Morgan fingerprint density at radius 2 is 1.76 bits per heavy atom. The third kappa shape index (κ3) is 6.27. The molecule has 0 radical (unpaired) electrons. The minimum absolute atomic E-state index is 0.201. The average Bonchev–Trinajstić information content (AvgIpc) is 2.47. The fraction of sp³-hybridized carbons (Fsp3) is 0.533. The normalized spacial score (nSPS) is 11.6. The highest BCUT2D eigenvalue weighted by Gasteiger charge is 2.22. The number of hydrogen-bond acceptors (Lipinski definition) is 3. The molecule has 21 heavy (non-hydrogen) atoms. The Morgan fingerprint density at radius 3 is 2.33 bits per heavy atom. The summed E-state index contributed by atoms with van der Waals surface area (Å²) < 4.78 is 26.2. The Morgan fingerprint density at radius 1 is 1.14 bits per heavy atom. The lowest BCUT2D eigenvalue weighted by Gasteiger charge is -2.14. The molecule has 0 spiro atoms. The van der Waals surface area contributed by atoms with E-state index in [0.29, 0.717) is 19.4 Å². The molecule has 0 aliphatic heterocycles. The number of sulfonamides is 1. The Hall–Kier alpha value is -1.40. The molecular formula is C15H24N2O3S. The Labute approximate surface area is 127 Å². The van der Waals surface area contributed by atoms with Crippen molar-refractivity contribution >= 4 is 15.9 Å². The van der Waals surface area contributed by atoms with Crippen LogP contribution in [0.15, 0.2) is 30.3 Å². The van der Waals surface area contributed by atoms with Crippen molar-refractivity contribution < 1.29 is 13.2 Å². The van der Waals surface area contributed by atoms with E-state index in [-0.39, 0.29) is 12.5 Å². The van der Waals surface area contributed by atoms with Crippen molar-refractivity contribution in [1.29, 1.82) is 0 Å². The molecule has 0 heterocycles. The molecule has 1 amide bonds. The topological polar surface area (TPSA) is 75.3 Å². The molecule has 0 atom stereocenters. The predicted octanol–water partition coefficient (Wildman–Crippen LogP) is 1.45. The van der Waals surface area contributed by atoms with Gasteiger partial charge in [-0.3, -0.25) is 4.79 Å². The van der Waals surface area contributed by atoms with Crippen molar-refractivity contribution in [3.63, 3.8) is 0 Å². The van der Waals surface area contributed by atoms with Crippen molar-refractivity contribution in [2.75, 3.05) is 13.1 Å². The molecule has 2 N–H and O–H groups in total. The minimum atomic E-state index is -3.41. The van der Waals surface area contributed by atoms with E-state index in [1.165, 1.54) is 0 Å². The Kier molecular flexibility index (Phi) is 7.39. The van der Waals surface area contributed by atoms with Crippen LogP contribution in [0, 0.1) is 0 Å². The van der Waals surface area contributed by atoms with Crippen molar-refractivity contribution in [3.05, 3.63) is 35.9 Å². The van der Waals surface area contributed by atoms with E-state index >= 15 is 0 Å². The van der Waals surface area contributed by atoms with Gasteiger partial charge in [0, 0.05) is 6.54 Å². The summed E-state index contributed by atoms with van der Waals surface area (Å²) >= 11 is 0. The van der Waals surface area contributed by atoms with Crippen LogP contribution in [0.4, 0.5) is 0 Å². The highest BCUT2D eigenvalue weighted by atomic mass is 32.2. The molecule has 0 aliphatic carbocycles. The van der Waals surface area contributed by atoms with E-state index < -0.39 is 15.3 Å². The van der Waals surface area contributed by atoms with E-state index in [2.05, 4.69) is 10.0 Å². The van der Waals surface area contributed by atoms with Crippen molar-refractivity contribution in [3.8, 4) is 0 Å². The van der Waals surface area contributed by atoms with Crippen LogP contribution >= 0.6 is 0 Å². The van der Waals surface area contributed by atoms with Gasteiger partial charge in [0.2, 0.25) is 15.9 Å². The summed E-state index contributed by atoms with van der Waals surface area (Å²) in [5.41, 5.74) is 1.13. The number of nitrogens with one attached hydrogen (secondary N) is 2. The zero-order valence-corrected chi connectivity index (χ0v) is 13.4. The second kappa shape index (κ2) is 8.79. The lowest BCUT2D eigenvalue weighted by Crippen LogP contribution is -2.41. The SMILES string of the molecule is CCC(CC)S(=O)(=O)NCC(=O)NCCc1ccccc1. The first kappa shape index (κ1) is 17.7. The third-order valence-corrected chi connectivity index (χ3v) is 5.45. The maximum atomic E-state index is 11.9. The monoisotopic (exact) mass is 312 g/mol. The first-order chi connectivity index (χ1) is 9.99. The van der Waals surface area contributed by atoms with Gasteiger partial charge in [0.1, 0.15) is 0 Å². The lowest BCUT2D eigenvalue weighted by atomic mass is 10.1. The quantitative estimate of drug-likeness (QED) is 0.725. The largest absolute Gasteiger partial charge is 0.355 e. The smallest absolute Gasteiger partial charge is 0.235 e. The molecular weight excluding hydrogens is 288 g/mol. The summed E-state index contributed by atoms with van der Waals surface area (Å²) in [6.07, 6.45) is 1.81. The first-order valence-electron chi connectivity index (χ1n) is 7.28. The summed E-state index contributed by atoms with van der Waals surface area (Å²) in [6, 6.07) is 9.81. The zero-order chi connectivity index (χ0) is 15.7. The van der Waals surface area contributed by atoms with Crippen LogP contribution in [0.1, 0.15) is 32.3 Å². The Bertz CT molecular complexity index is 525. The van der Waals surface area contributed by atoms with E-state index in [1.807, 2.05) is 44.2 Å². The van der Waals surface area contributed by atoms with Gasteiger partial charge in [-0.2, -0.15) is 0 Å². The fourth-order valence-corrected chi connectivity index (χ4v) is 3.51. The standard InChI is InChI=1S/C15H24N2O3S/c1-3-14(4-2)21(19,20)17-12-15(18)16-11-10-13-8-6-5-7-9-13/h5-9,14,17H,3-4,10-12H2,1-2H3,(H,16,18). The molecule has 0 fully saturated rings. The van der Waals surface area contributed by atoms with Gasteiger partial charge in [-0.15, -0.1) is 0 Å². The van der Waals surface area contributed by atoms with Crippen LogP contribution in [0.3, 0.4) is 0 Å². The van der Waals surface area contributed by atoms with Crippen LogP contribution in [-0.4, -0.2) is 32.7 Å². The van der Waals surface area contributed by atoms with Gasteiger partial charge in [-0.1, -0.05) is 44.2 Å². The number of rotatable bonds is 9. The van der Waals surface area contributed by atoms with Gasteiger partial charge < -0.3 is 5.32 Å². The number of carbonyl (C=O) groups is 1. The van der Waals surface area contributed by atoms with Crippen LogP contribution in [0.25, 0.3) is 0 Å². The molecule has 1 aromatic carbocycles. The summed E-state index contributed by atoms with van der Waals surface area (Å²) in [6.45, 7) is 3.95. The molecule has 0 aliphatic rings. The molecule has 0 bridgehead atoms. The van der Waals surface area contributed by atoms with Crippen molar-refractivity contribution in [1.82, 2.24) is 10.0 Å². The van der Waals surface area contributed by atoms with E-state index in [9.17, 15) is 13.2 Å². The number of amides is 1. The lowest BCUT2D eigenvalue weighted by molar-refractivity contribution is -0.119. The van der Waals surface area contributed by atoms with Gasteiger partial charge in [0.05, 0.1) is 11.8 Å². The van der Waals surface area contributed by atoms with E-state index in [0.717, 1.165) is 12.0 Å². The van der Waals surface area contributed by atoms with E-state index in [4.69, 9.17) is 0 Å².